The molecule has 0 fully saturated rings. The Morgan fingerprint density at radius 3 is 1.00 bits per heavy atom. The third-order valence-corrected chi connectivity index (χ3v) is 5.85. The molecule has 0 unspecified atom stereocenters. The molecule has 0 spiro atoms. The monoisotopic (exact) mass is 705 g/mol. The predicted octanol–water partition coefficient (Wildman–Crippen LogP) is 2.37. The van der Waals surface area contributed by atoms with Gasteiger partial charge in [-0.15, -0.1) is 0 Å². The lowest BCUT2D eigenvalue weighted by molar-refractivity contribution is -0.114. The molecule has 1 N–H and O–H groups in total. The minimum Gasteiger partial charge on any atom is -0.499 e. The molecule has 0 heterocycles. The third kappa shape index (κ3) is 33.8. The van der Waals surface area contributed by atoms with E-state index in [9.17, 15) is 4.79 Å². The number of carbonyl (C=O) groups is 1. The van der Waals surface area contributed by atoms with Gasteiger partial charge in [0.05, 0.1) is 152 Å². The van der Waals surface area contributed by atoms with Gasteiger partial charge in [0.2, 0.25) is 5.91 Å². The van der Waals surface area contributed by atoms with Crippen LogP contribution in [0.15, 0.2) is 37.1 Å². The number of nitrogens with one attached hydrogen (secondary N) is 1. The fraction of sp³-hybridized carbons (Fsp3) is 0.735. The van der Waals surface area contributed by atoms with Crippen LogP contribution in [-0.2, 0) is 61.6 Å². The second kappa shape index (κ2) is 36.9. The van der Waals surface area contributed by atoms with Crippen molar-refractivity contribution in [2.75, 3.05) is 164 Å². The summed E-state index contributed by atoms with van der Waals surface area (Å²) in [5.74, 6) is 0.606. The van der Waals surface area contributed by atoms with Gasteiger partial charge in [-0.3, -0.25) is 4.79 Å². The SMILES string of the molecule is C=COCCOCCOCCOCCOCCOCCOCCOCCOCCOCCOCCOCCOc1ccc(NC(C)=O)cc1. The van der Waals surface area contributed by atoms with Crippen LogP contribution < -0.4 is 10.1 Å². The molecule has 15 heteroatoms. The number of anilines is 1. The highest BCUT2D eigenvalue weighted by Crippen LogP contribution is 2.15. The summed E-state index contributed by atoms with van der Waals surface area (Å²) in [6.07, 6.45) is 1.39. The maximum absolute atomic E-state index is 11.0. The first kappa shape index (κ1) is 44.6. The van der Waals surface area contributed by atoms with Crippen molar-refractivity contribution in [3.63, 3.8) is 0 Å². The molecule has 49 heavy (non-hydrogen) atoms. The lowest BCUT2D eigenvalue weighted by Crippen LogP contribution is -2.15. The fourth-order valence-corrected chi connectivity index (χ4v) is 3.55. The van der Waals surface area contributed by atoms with Crippen molar-refractivity contribution in [1.82, 2.24) is 0 Å². The minimum atomic E-state index is -0.109. The zero-order chi connectivity index (χ0) is 35.1. The molecule has 284 valence electrons. The Balaban J connectivity index is 1.65. The number of carbonyl (C=O) groups excluding carboxylic acids is 1. The van der Waals surface area contributed by atoms with E-state index in [4.69, 9.17) is 61.6 Å². The first-order valence-corrected chi connectivity index (χ1v) is 16.8. The molecule has 0 saturated heterocycles. The summed E-state index contributed by atoms with van der Waals surface area (Å²) < 4.78 is 70.5. The van der Waals surface area contributed by atoms with E-state index < -0.39 is 0 Å². The summed E-state index contributed by atoms with van der Waals surface area (Å²) in [6.45, 7) is 16.8. The molecule has 15 nitrogen and oxygen atoms in total. The molecular formula is C34H59NO14. The fourth-order valence-electron chi connectivity index (χ4n) is 3.55. The molecular weight excluding hydrogens is 646 g/mol. The van der Waals surface area contributed by atoms with E-state index in [1.165, 1.54) is 13.2 Å². The second-order valence-corrected chi connectivity index (χ2v) is 9.83. The lowest BCUT2D eigenvalue weighted by atomic mass is 10.3. The van der Waals surface area contributed by atoms with Crippen LogP contribution in [-0.4, -0.2) is 164 Å². The maximum Gasteiger partial charge on any atom is 0.221 e. The Labute approximate surface area is 291 Å². The van der Waals surface area contributed by atoms with Gasteiger partial charge >= 0.3 is 0 Å². The molecule has 1 amide bonds. The van der Waals surface area contributed by atoms with Gasteiger partial charge in [-0.1, -0.05) is 6.58 Å². The first-order chi connectivity index (χ1) is 24.2. The Morgan fingerprint density at radius 1 is 0.469 bits per heavy atom. The molecule has 0 atom stereocenters. The van der Waals surface area contributed by atoms with Crippen molar-refractivity contribution in [3.05, 3.63) is 37.1 Å². The van der Waals surface area contributed by atoms with Gasteiger partial charge < -0.3 is 66.9 Å². The van der Waals surface area contributed by atoms with E-state index in [0.29, 0.717) is 164 Å². The van der Waals surface area contributed by atoms with Gasteiger partial charge in [0.15, 0.2) is 0 Å². The summed E-state index contributed by atoms with van der Waals surface area (Å²) in [4.78, 5) is 11.0. The molecule has 0 aliphatic heterocycles. The van der Waals surface area contributed by atoms with Gasteiger partial charge in [-0.05, 0) is 24.3 Å². The Kier molecular flexibility index (Phi) is 33.6. The van der Waals surface area contributed by atoms with Crippen molar-refractivity contribution >= 4 is 11.6 Å². The summed E-state index contributed by atoms with van der Waals surface area (Å²) in [7, 11) is 0. The van der Waals surface area contributed by atoms with Crippen molar-refractivity contribution in [1.29, 1.82) is 0 Å². The molecule has 1 rings (SSSR count). The number of benzene rings is 1. The van der Waals surface area contributed by atoms with Crippen LogP contribution in [0.1, 0.15) is 6.92 Å². The van der Waals surface area contributed by atoms with Crippen LogP contribution >= 0.6 is 0 Å². The van der Waals surface area contributed by atoms with Crippen LogP contribution in [0.25, 0.3) is 0 Å². The molecule has 1 aromatic rings. The molecule has 0 aromatic heterocycles. The number of amides is 1. The molecule has 0 bridgehead atoms. The minimum absolute atomic E-state index is 0.109. The highest BCUT2D eigenvalue weighted by molar-refractivity contribution is 5.88. The topological polar surface area (TPSA) is 149 Å². The molecule has 0 radical (unpaired) electrons. The highest BCUT2D eigenvalue weighted by Gasteiger charge is 1.99. The zero-order valence-electron chi connectivity index (χ0n) is 29.3. The normalized spacial score (nSPS) is 11.1. The van der Waals surface area contributed by atoms with E-state index >= 15 is 0 Å². The molecule has 0 aliphatic rings. The van der Waals surface area contributed by atoms with Gasteiger partial charge in [0.1, 0.15) is 19.0 Å². The largest absolute Gasteiger partial charge is 0.499 e. The van der Waals surface area contributed by atoms with E-state index in [2.05, 4.69) is 11.9 Å². The van der Waals surface area contributed by atoms with Gasteiger partial charge in [-0.2, -0.15) is 0 Å². The molecule has 0 saturated carbocycles. The van der Waals surface area contributed by atoms with E-state index in [1.807, 2.05) is 0 Å². The average molecular weight is 706 g/mol. The second-order valence-electron chi connectivity index (χ2n) is 9.83. The number of hydrogen-bond acceptors (Lipinski definition) is 14. The number of ether oxygens (including phenoxy) is 13. The van der Waals surface area contributed by atoms with E-state index in [0.717, 1.165) is 5.69 Å². The van der Waals surface area contributed by atoms with Gasteiger partial charge in [0, 0.05) is 12.6 Å². The standard InChI is InChI=1S/C34H59NO14/c1-3-37-8-9-38-10-11-39-12-13-40-14-15-41-16-17-42-18-19-43-20-21-44-22-23-45-24-25-46-26-27-47-28-29-48-30-31-49-34-6-4-33(5-7-34)35-32(2)36/h3-7H,1,8-31H2,2H3,(H,35,36). The lowest BCUT2D eigenvalue weighted by Gasteiger charge is -2.09. The Hall–Kier alpha value is -2.41. The molecule has 1 aromatic carbocycles. The van der Waals surface area contributed by atoms with Crippen molar-refractivity contribution < 1.29 is 66.4 Å². The smallest absolute Gasteiger partial charge is 0.221 e. The zero-order valence-corrected chi connectivity index (χ0v) is 29.3. The maximum atomic E-state index is 11.0. The molecule has 0 aliphatic carbocycles. The van der Waals surface area contributed by atoms with Crippen LogP contribution in [0.4, 0.5) is 5.69 Å². The third-order valence-electron chi connectivity index (χ3n) is 5.85. The highest BCUT2D eigenvalue weighted by atomic mass is 16.6. The van der Waals surface area contributed by atoms with E-state index in [1.54, 1.807) is 24.3 Å². The van der Waals surface area contributed by atoms with Crippen LogP contribution in [0.2, 0.25) is 0 Å². The van der Waals surface area contributed by atoms with Gasteiger partial charge in [0.25, 0.3) is 0 Å². The number of hydrogen-bond donors (Lipinski definition) is 1. The summed E-state index contributed by atoms with van der Waals surface area (Å²) >= 11 is 0. The first-order valence-electron chi connectivity index (χ1n) is 16.8. The Bertz CT molecular complexity index is 849. The quantitative estimate of drug-likeness (QED) is 0.0789. The summed E-state index contributed by atoms with van der Waals surface area (Å²) in [5.41, 5.74) is 0.730. The van der Waals surface area contributed by atoms with Crippen LogP contribution in [0.5, 0.6) is 5.75 Å². The Morgan fingerprint density at radius 2 is 0.735 bits per heavy atom. The summed E-state index contributed by atoms with van der Waals surface area (Å²) in [5, 5.41) is 2.71. The van der Waals surface area contributed by atoms with Crippen molar-refractivity contribution in [3.8, 4) is 5.75 Å². The van der Waals surface area contributed by atoms with Crippen LogP contribution in [0, 0.1) is 0 Å². The van der Waals surface area contributed by atoms with Crippen molar-refractivity contribution in [2.45, 2.75) is 6.92 Å². The van der Waals surface area contributed by atoms with Gasteiger partial charge in [-0.25, -0.2) is 0 Å². The predicted molar refractivity (Wildman–Crippen MR) is 181 cm³/mol. The summed E-state index contributed by atoms with van der Waals surface area (Å²) in [6, 6.07) is 7.17. The van der Waals surface area contributed by atoms with Crippen molar-refractivity contribution in [2.24, 2.45) is 0 Å². The number of rotatable bonds is 39. The average Bonchev–Trinajstić information content (AvgIpc) is 3.10. The van der Waals surface area contributed by atoms with E-state index in [-0.39, 0.29) is 5.91 Å². The van der Waals surface area contributed by atoms with Crippen LogP contribution in [0.3, 0.4) is 0 Å².